The Morgan fingerprint density at radius 1 is 1.26 bits per heavy atom. The minimum absolute atomic E-state index is 0.0516. The van der Waals surface area contributed by atoms with Crippen molar-refractivity contribution in [2.45, 2.75) is 19.4 Å². The van der Waals surface area contributed by atoms with Gasteiger partial charge in [-0.1, -0.05) is 23.5 Å². The highest BCUT2D eigenvalue weighted by atomic mass is 32.1. The van der Waals surface area contributed by atoms with Crippen molar-refractivity contribution in [1.82, 2.24) is 9.55 Å². The first-order valence-electron chi connectivity index (χ1n) is 8.32. The Bertz CT molecular complexity index is 938. The van der Waals surface area contributed by atoms with Crippen molar-refractivity contribution in [2.24, 2.45) is 0 Å². The highest BCUT2D eigenvalue weighted by Crippen LogP contribution is 2.34. The number of rotatable bonds is 7. The van der Waals surface area contributed by atoms with Crippen molar-refractivity contribution < 1.29 is 18.7 Å². The van der Waals surface area contributed by atoms with Crippen LogP contribution in [0, 0.1) is 5.82 Å². The fourth-order valence-electron chi connectivity index (χ4n) is 2.56. The van der Waals surface area contributed by atoms with E-state index in [-0.39, 0.29) is 16.7 Å². The zero-order valence-corrected chi connectivity index (χ0v) is 15.5. The van der Waals surface area contributed by atoms with Crippen LogP contribution in [-0.2, 0) is 16.1 Å². The van der Waals surface area contributed by atoms with E-state index in [1.807, 2.05) is 29.1 Å². The smallest absolute Gasteiger partial charge is 0.358 e. The van der Waals surface area contributed by atoms with E-state index in [2.05, 4.69) is 10.3 Å². The van der Waals surface area contributed by atoms with Gasteiger partial charge in [0.2, 0.25) is 5.91 Å². The van der Waals surface area contributed by atoms with Gasteiger partial charge in [0, 0.05) is 25.4 Å². The summed E-state index contributed by atoms with van der Waals surface area (Å²) in [6.45, 7) is 0.736. The number of anilines is 1. The van der Waals surface area contributed by atoms with Gasteiger partial charge < -0.3 is 14.6 Å². The van der Waals surface area contributed by atoms with Crippen LogP contribution in [0.25, 0.3) is 10.4 Å². The molecule has 1 N–H and O–H groups in total. The van der Waals surface area contributed by atoms with Crippen LogP contribution >= 0.6 is 11.3 Å². The molecule has 140 valence electrons. The molecule has 0 spiro atoms. The highest BCUT2D eigenvalue weighted by molar-refractivity contribution is 7.19. The summed E-state index contributed by atoms with van der Waals surface area (Å²) in [5.41, 5.74) is 0.553. The molecule has 8 heteroatoms. The van der Waals surface area contributed by atoms with E-state index in [0.717, 1.165) is 17.9 Å². The number of carbonyl (C=O) groups is 2. The molecule has 0 bridgehead atoms. The molecule has 1 amide bonds. The van der Waals surface area contributed by atoms with E-state index in [1.54, 1.807) is 12.1 Å². The quantitative estimate of drug-likeness (QED) is 0.623. The fraction of sp³-hybridized carbons (Fsp3) is 0.211. The maximum Gasteiger partial charge on any atom is 0.358 e. The Hall–Kier alpha value is -3.00. The van der Waals surface area contributed by atoms with Gasteiger partial charge in [0.05, 0.1) is 12.0 Å². The molecule has 0 aliphatic rings. The average Bonchev–Trinajstić information content (AvgIpc) is 3.31. The first-order valence-corrected chi connectivity index (χ1v) is 9.14. The van der Waals surface area contributed by atoms with Gasteiger partial charge >= 0.3 is 5.97 Å². The van der Waals surface area contributed by atoms with E-state index < -0.39 is 11.8 Å². The second-order valence-electron chi connectivity index (χ2n) is 5.77. The van der Waals surface area contributed by atoms with Gasteiger partial charge in [0.15, 0.2) is 10.8 Å². The zero-order valence-electron chi connectivity index (χ0n) is 14.6. The van der Waals surface area contributed by atoms with Gasteiger partial charge in [-0.2, -0.15) is 0 Å². The minimum Gasteiger partial charge on any atom is -0.464 e. The van der Waals surface area contributed by atoms with Crippen molar-refractivity contribution in [3.05, 3.63) is 60.3 Å². The lowest BCUT2D eigenvalue weighted by atomic mass is 10.1. The Labute approximate surface area is 159 Å². The number of thiazole rings is 1. The van der Waals surface area contributed by atoms with Crippen LogP contribution in [0.5, 0.6) is 0 Å². The number of esters is 1. The number of methoxy groups -OCH3 is 1. The van der Waals surface area contributed by atoms with Crippen LogP contribution in [-0.4, -0.2) is 28.5 Å². The van der Waals surface area contributed by atoms with Gasteiger partial charge in [-0.3, -0.25) is 4.79 Å². The maximum atomic E-state index is 13.5. The number of carbonyl (C=O) groups excluding carboxylic acids is 2. The summed E-state index contributed by atoms with van der Waals surface area (Å²) in [5.74, 6) is -1.26. The van der Waals surface area contributed by atoms with Crippen LogP contribution in [0.3, 0.4) is 0 Å². The van der Waals surface area contributed by atoms with Gasteiger partial charge in [-0.25, -0.2) is 14.2 Å². The summed E-state index contributed by atoms with van der Waals surface area (Å²) in [6.07, 6.45) is 4.87. The zero-order chi connectivity index (χ0) is 19.2. The van der Waals surface area contributed by atoms with Crippen LogP contribution in [0.4, 0.5) is 9.52 Å². The van der Waals surface area contributed by atoms with Crippen molar-refractivity contribution in [2.75, 3.05) is 12.4 Å². The first-order chi connectivity index (χ1) is 13.1. The summed E-state index contributed by atoms with van der Waals surface area (Å²) in [7, 11) is 1.25. The van der Waals surface area contributed by atoms with Gasteiger partial charge in [-0.05, 0) is 36.2 Å². The number of hydrogen-bond acceptors (Lipinski definition) is 5. The SMILES string of the molecule is COC(=O)c1nc(NC(=O)CCCn2cccc2)sc1-c1cccc(F)c1. The van der Waals surface area contributed by atoms with Crippen LogP contribution in [0.15, 0.2) is 48.8 Å². The lowest BCUT2D eigenvalue weighted by Gasteiger charge is -2.03. The molecular formula is C19H18FN3O3S. The minimum atomic E-state index is -0.640. The van der Waals surface area contributed by atoms with Crippen molar-refractivity contribution in [1.29, 1.82) is 0 Å². The number of aromatic nitrogens is 2. The monoisotopic (exact) mass is 387 g/mol. The second kappa shape index (κ2) is 8.59. The molecule has 3 aromatic rings. The number of benzene rings is 1. The molecule has 2 heterocycles. The molecule has 2 aromatic heterocycles. The Kier molecular flexibility index (Phi) is 5.97. The molecule has 6 nitrogen and oxygen atoms in total. The summed E-state index contributed by atoms with van der Waals surface area (Å²) in [4.78, 5) is 28.8. The Morgan fingerprint density at radius 2 is 2.04 bits per heavy atom. The first kappa shape index (κ1) is 18.8. The predicted molar refractivity (Wildman–Crippen MR) is 101 cm³/mol. The third kappa shape index (κ3) is 4.79. The molecule has 0 saturated carbocycles. The van der Waals surface area contributed by atoms with Crippen molar-refractivity contribution >= 4 is 28.3 Å². The molecule has 0 radical (unpaired) electrons. The summed E-state index contributed by atoms with van der Waals surface area (Å²) in [6, 6.07) is 9.70. The lowest BCUT2D eigenvalue weighted by Crippen LogP contribution is -2.12. The number of amides is 1. The van der Waals surface area contributed by atoms with Crippen LogP contribution < -0.4 is 5.32 Å². The Balaban J connectivity index is 1.71. The molecule has 0 atom stereocenters. The summed E-state index contributed by atoms with van der Waals surface area (Å²) in [5, 5.41) is 2.98. The van der Waals surface area contributed by atoms with E-state index in [4.69, 9.17) is 4.74 Å². The average molecular weight is 387 g/mol. The van der Waals surface area contributed by atoms with Gasteiger partial charge in [0.1, 0.15) is 5.82 Å². The number of nitrogens with zero attached hydrogens (tertiary/aromatic N) is 2. The van der Waals surface area contributed by atoms with E-state index in [0.29, 0.717) is 23.3 Å². The van der Waals surface area contributed by atoms with Crippen molar-refractivity contribution in [3.8, 4) is 10.4 Å². The normalized spacial score (nSPS) is 10.6. The number of halogens is 1. The van der Waals surface area contributed by atoms with E-state index in [1.165, 1.54) is 19.2 Å². The van der Waals surface area contributed by atoms with Crippen LogP contribution in [0.2, 0.25) is 0 Å². The Morgan fingerprint density at radius 3 is 2.74 bits per heavy atom. The molecule has 27 heavy (non-hydrogen) atoms. The molecule has 0 fully saturated rings. The maximum absolute atomic E-state index is 13.5. The lowest BCUT2D eigenvalue weighted by molar-refractivity contribution is -0.116. The van der Waals surface area contributed by atoms with Crippen LogP contribution in [0.1, 0.15) is 23.3 Å². The molecule has 0 saturated heterocycles. The highest BCUT2D eigenvalue weighted by Gasteiger charge is 2.21. The summed E-state index contributed by atoms with van der Waals surface area (Å²) < 4.78 is 20.3. The molecule has 0 aliphatic heterocycles. The van der Waals surface area contributed by atoms with Gasteiger partial charge in [0.25, 0.3) is 0 Å². The fourth-order valence-corrected chi connectivity index (χ4v) is 3.52. The van der Waals surface area contributed by atoms with E-state index in [9.17, 15) is 14.0 Å². The molecule has 3 rings (SSSR count). The number of nitrogens with one attached hydrogen (secondary N) is 1. The van der Waals surface area contributed by atoms with E-state index >= 15 is 0 Å². The molecule has 1 aromatic carbocycles. The second-order valence-corrected chi connectivity index (χ2v) is 6.77. The van der Waals surface area contributed by atoms with Crippen molar-refractivity contribution in [3.63, 3.8) is 0 Å². The number of hydrogen-bond donors (Lipinski definition) is 1. The third-order valence-corrected chi connectivity index (χ3v) is 4.85. The van der Waals surface area contributed by atoms with Gasteiger partial charge in [-0.15, -0.1) is 0 Å². The molecule has 0 unspecified atom stereocenters. The largest absolute Gasteiger partial charge is 0.464 e. The summed E-state index contributed by atoms with van der Waals surface area (Å²) >= 11 is 1.11. The number of aryl methyl sites for hydroxylation is 1. The topological polar surface area (TPSA) is 73.2 Å². The molecule has 0 aliphatic carbocycles. The molecular weight excluding hydrogens is 369 g/mol. The standard InChI is InChI=1S/C19H18FN3O3S/c1-26-18(25)16-17(13-6-4-7-14(20)12-13)27-19(22-16)21-15(24)8-5-11-23-9-2-3-10-23/h2-4,6-7,9-10,12H,5,8,11H2,1H3,(H,21,22,24). The predicted octanol–water partition coefficient (Wildman–Crippen LogP) is 3.96. The third-order valence-electron chi connectivity index (χ3n) is 3.83. The number of ether oxygens (including phenoxy) is 1.